The lowest BCUT2D eigenvalue weighted by Crippen LogP contribution is -2.32. The van der Waals surface area contributed by atoms with E-state index in [0.29, 0.717) is 12.5 Å². The molecule has 0 spiro atoms. The van der Waals surface area contributed by atoms with E-state index in [0.717, 1.165) is 6.07 Å². The van der Waals surface area contributed by atoms with E-state index in [9.17, 15) is 19.3 Å². The lowest BCUT2D eigenvalue weighted by molar-refractivity contribution is -0.384. The summed E-state index contributed by atoms with van der Waals surface area (Å²) in [5.74, 6) is -0.701. The van der Waals surface area contributed by atoms with Gasteiger partial charge < -0.3 is 10.6 Å². The molecule has 0 fully saturated rings. The number of hydrogen-bond donors (Lipinski definition) is 2. The number of benzene rings is 1. The maximum absolute atomic E-state index is 13.3. The van der Waals surface area contributed by atoms with Gasteiger partial charge in [-0.15, -0.1) is 0 Å². The number of carbonyl (C=O) groups is 1. The fourth-order valence-corrected chi connectivity index (χ4v) is 1.73. The second kappa shape index (κ2) is 7.18. The van der Waals surface area contributed by atoms with Crippen molar-refractivity contribution in [2.75, 3.05) is 18.4 Å². The van der Waals surface area contributed by atoms with Crippen LogP contribution in [0, 0.1) is 21.8 Å². The summed E-state index contributed by atoms with van der Waals surface area (Å²) in [6.45, 7) is 4.31. The number of hydrogen-bond acceptors (Lipinski definition) is 4. The Morgan fingerprint density at radius 1 is 1.50 bits per heavy atom. The highest BCUT2D eigenvalue weighted by molar-refractivity contribution is 9.10. The van der Waals surface area contributed by atoms with Crippen LogP contribution in [-0.4, -0.2) is 23.9 Å². The molecule has 20 heavy (non-hydrogen) atoms. The fraction of sp³-hybridized carbons (Fsp3) is 0.417. The summed E-state index contributed by atoms with van der Waals surface area (Å²) in [7, 11) is 0. The molecule has 1 rings (SSSR count). The number of nitro benzene ring substituents is 1. The summed E-state index contributed by atoms with van der Waals surface area (Å²) < 4.78 is 13.4. The van der Waals surface area contributed by atoms with Crippen molar-refractivity contribution in [3.8, 4) is 0 Å². The van der Waals surface area contributed by atoms with Gasteiger partial charge >= 0.3 is 0 Å². The second-order valence-electron chi connectivity index (χ2n) is 4.59. The third-order valence-corrected chi connectivity index (χ3v) is 2.99. The molecule has 0 saturated carbocycles. The Labute approximate surface area is 124 Å². The van der Waals surface area contributed by atoms with Crippen LogP contribution in [0.2, 0.25) is 0 Å². The number of halogens is 2. The van der Waals surface area contributed by atoms with Crippen LogP contribution in [0.5, 0.6) is 0 Å². The molecule has 2 N–H and O–H groups in total. The van der Waals surface area contributed by atoms with Crippen molar-refractivity contribution >= 4 is 33.2 Å². The average Bonchev–Trinajstić information content (AvgIpc) is 2.36. The van der Waals surface area contributed by atoms with Gasteiger partial charge in [0, 0.05) is 6.54 Å². The molecule has 0 radical (unpaired) electrons. The molecular formula is C12H15BrFN3O3. The van der Waals surface area contributed by atoms with E-state index in [1.807, 2.05) is 13.8 Å². The van der Waals surface area contributed by atoms with E-state index in [1.54, 1.807) is 0 Å². The van der Waals surface area contributed by atoms with Crippen molar-refractivity contribution in [1.29, 1.82) is 0 Å². The lowest BCUT2D eigenvalue weighted by atomic mass is 10.2. The maximum Gasteiger partial charge on any atom is 0.295 e. The highest BCUT2D eigenvalue weighted by atomic mass is 79.9. The molecule has 0 heterocycles. The topological polar surface area (TPSA) is 84.3 Å². The number of carbonyl (C=O) groups excluding carboxylic acids is 1. The standard InChI is InChI=1S/C12H15BrFN3O3/c1-7(2)5-16-12(18)6-15-10-3-8(13)9(14)4-11(10)17(19)20/h3-4,7,15H,5-6H2,1-2H3,(H,16,18). The molecule has 0 unspecified atom stereocenters. The predicted octanol–water partition coefficient (Wildman–Crippen LogP) is 2.68. The molecule has 1 aromatic carbocycles. The normalized spacial score (nSPS) is 10.4. The van der Waals surface area contributed by atoms with Gasteiger partial charge in [0.25, 0.3) is 5.69 Å². The minimum atomic E-state index is -0.730. The Bertz CT molecular complexity index is 523. The molecule has 1 amide bonds. The molecule has 0 aliphatic carbocycles. The van der Waals surface area contributed by atoms with Crippen LogP contribution in [0.15, 0.2) is 16.6 Å². The van der Waals surface area contributed by atoms with Gasteiger partial charge in [0.2, 0.25) is 5.91 Å². The number of rotatable bonds is 6. The van der Waals surface area contributed by atoms with Crippen LogP contribution in [0.3, 0.4) is 0 Å². The monoisotopic (exact) mass is 347 g/mol. The maximum atomic E-state index is 13.3. The van der Waals surface area contributed by atoms with Crippen LogP contribution < -0.4 is 10.6 Å². The summed E-state index contributed by atoms with van der Waals surface area (Å²) in [6.07, 6.45) is 0. The SMILES string of the molecule is CC(C)CNC(=O)CNc1cc(Br)c(F)cc1[N+](=O)[O-]. The van der Waals surface area contributed by atoms with Crippen molar-refractivity contribution in [3.05, 3.63) is 32.5 Å². The molecule has 110 valence electrons. The molecule has 0 atom stereocenters. The van der Waals surface area contributed by atoms with Gasteiger partial charge in [-0.2, -0.15) is 0 Å². The van der Waals surface area contributed by atoms with Gasteiger partial charge in [-0.25, -0.2) is 4.39 Å². The molecule has 6 nitrogen and oxygen atoms in total. The average molecular weight is 348 g/mol. The molecule has 0 aromatic heterocycles. The Hall–Kier alpha value is -1.70. The van der Waals surface area contributed by atoms with Gasteiger partial charge in [0.15, 0.2) is 0 Å². The third-order valence-electron chi connectivity index (χ3n) is 2.38. The number of nitrogens with zero attached hydrogens (tertiary/aromatic N) is 1. The molecular weight excluding hydrogens is 333 g/mol. The first-order valence-electron chi connectivity index (χ1n) is 5.95. The van der Waals surface area contributed by atoms with E-state index < -0.39 is 16.4 Å². The number of nitro groups is 1. The fourth-order valence-electron chi connectivity index (χ4n) is 1.38. The van der Waals surface area contributed by atoms with E-state index in [-0.39, 0.29) is 22.6 Å². The highest BCUT2D eigenvalue weighted by Gasteiger charge is 2.18. The quantitative estimate of drug-likeness (QED) is 0.612. The third kappa shape index (κ3) is 4.76. The van der Waals surface area contributed by atoms with Crippen molar-refractivity contribution in [2.45, 2.75) is 13.8 Å². The Morgan fingerprint density at radius 2 is 2.15 bits per heavy atom. The number of nitrogens with one attached hydrogen (secondary N) is 2. The zero-order valence-corrected chi connectivity index (χ0v) is 12.7. The van der Waals surface area contributed by atoms with E-state index >= 15 is 0 Å². The Balaban J connectivity index is 2.74. The van der Waals surface area contributed by atoms with Crippen LogP contribution in [0.1, 0.15) is 13.8 Å². The van der Waals surface area contributed by atoms with Crippen molar-refractivity contribution in [3.63, 3.8) is 0 Å². The zero-order chi connectivity index (χ0) is 15.3. The van der Waals surface area contributed by atoms with E-state index in [2.05, 4.69) is 26.6 Å². The van der Waals surface area contributed by atoms with Crippen LogP contribution >= 0.6 is 15.9 Å². The minimum Gasteiger partial charge on any atom is -0.371 e. The molecule has 0 aliphatic rings. The first-order valence-corrected chi connectivity index (χ1v) is 6.74. The summed E-state index contributed by atoms with van der Waals surface area (Å²) in [5.41, 5.74) is -0.328. The predicted molar refractivity (Wildman–Crippen MR) is 77.1 cm³/mol. The zero-order valence-electron chi connectivity index (χ0n) is 11.1. The number of amides is 1. The van der Waals surface area contributed by atoms with Gasteiger partial charge in [-0.05, 0) is 27.9 Å². The Kier molecular flexibility index (Phi) is 5.87. The summed E-state index contributed by atoms with van der Waals surface area (Å²) in [4.78, 5) is 21.6. The van der Waals surface area contributed by atoms with Gasteiger partial charge in [-0.1, -0.05) is 13.8 Å². The first kappa shape index (κ1) is 16.4. The molecule has 1 aromatic rings. The molecule has 0 bridgehead atoms. The number of anilines is 1. The second-order valence-corrected chi connectivity index (χ2v) is 5.45. The van der Waals surface area contributed by atoms with Gasteiger partial charge in [0.1, 0.15) is 11.5 Å². The van der Waals surface area contributed by atoms with Gasteiger partial charge in [-0.3, -0.25) is 14.9 Å². The smallest absolute Gasteiger partial charge is 0.295 e. The van der Waals surface area contributed by atoms with Crippen molar-refractivity contribution < 1.29 is 14.1 Å². The minimum absolute atomic E-state index is 0.0861. The molecule has 0 saturated heterocycles. The van der Waals surface area contributed by atoms with E-state index in [4.69, 9.17) is 0 Å². The van der Waals surface area contributed by atoms with Crippen LogP contribution in [0.4, 0.5) is 15.8 Å². The van der Waals surface area contributed by atoms with Crippen molar-refractivity contribution in [2.24, 2.45) is 5.92 Å². The van der Waals surface area contributed by atoms with Crippen molar-refractivity contribution in [1.82, 2.24) is 5.32 Å². The largest absolute Gasteiger partial charge is 0.371 e. The first-order chi connectivity index (χ1) is 9.31. The summed E-state index contributed by atoms with van der Waals surface area (Å²) in [5, 5.41) is 16.1. The summed E-state index contributed by atoms with van der Waals surface area (Å²) in [6, 6.07) is 2.04. The summed E-state index contributed by atoms with van der Waals surface area (Å²) >= 11 is 2.95. The van der Waals surface area contributed by atoms with Gasteiger partial charge in [0.05, 0.1) is 22.0 Å². The van der Waals surface area contributed by atoms with E-state index in [1.165, 1.54) is 6.07 Å². The van der Waals surface area contributed by atoms with Crippen LogP contribution in [0.25, 0.3) is 0 Å². The molecule has 0 aliphatic heterocycles. The Morgan fingerprint density at radius 3 is 2.70 bits per heavy atom. The molecule has 8 heteroatoms. The van der Waals surface area contributed by atoms with Crippen LogP contribution in [-0.2, 0) is 4.79 Å². The lowest BCUT2D eigenvalue weighted by Gasteiger charge is -2.10. The highest BCUT2D eigenvalue weighted by Crippen LogP contribution is 2.30.